The fourth-order valence-corrected chi connectivity index (χ4v) is 1.97. The highest BCUT2D eigenvalue weighted by atomic mass is 16.5. The Morgan fingerprint density at radius 1 is 0.958 bits per heavy atom. The molecule has 0 aliphatic rings. The van der Waals surface area contributed by atoms with Crippen LogP contribution in [0, 0.1) is 0 Å². The van der Waals surface area contributed by atoms with E-state index in [4.69, 9.17) is 19.9 Å². The number of methoxy groups -OCH3 is 2. The molecule has 6 heteroatoms. The number of rotatable bonds is 8. The number of guanidine groups is 1. The summed E-state index contributed by atoms with van der Waals surface area (Å²) in [6.45, 7) is 1.60. The summed E-state index contributed by atoms with van der Waals surface area (Å²) in [5.74, 6) is 1.97. The van der Waals surface area contributed by atoms with Crippen LogP contribution in [0.25, 0.3) is 0 Å². The summed E-state index contributed by atoms with van der Waals surface area (Å²) in [6, 6.07) is 15.2. The van der Waals surface area contributed by atoms with Crippen molar-refractivity contribution in [3.8, 4) is 11.5 Å². The van der Waals surface area contributed by atoms with Crippen LogP contribution in [-0.2, 0) is 11.3 Å². The van der Waals surface area contributed by atoms with Crippen LogP contribution in [0.15, 0.2) is 53.5 Å². The number of aliphatic imine (C=N–C) groups is 1. The van der Waals surface area contributed by atoms with Gasteiger partial charge in [0.25, 0.3) is 0 Å². The predicted molar refractivity (Wildman–Crippen MR) is 95.8 cm³/mol. The Kier molecular flexibility index (Phi) is 6.91. The normalized spacial score (nSPS) is 11.2. The molecule has 0 aliphatic heterocycles. The summed E-state index contributed by atoms with van der Waals surface area (Å²) in [7, 11) is 3.28. The number of ether oxygens (including phenoxy) is 3. The zero-order valence-corrected chi connectivity index (χ0v) is 14.0. The Morgan fingerprint density at radius 2 is 1.62 bits per heavy atom. The van der Waals surface area contributed by atoms with Crippen LogP contribution < -0.4 is 20.5 Å². The number of nitrogens with zero attached hydrogens (tertiary/aromatic N) is 1. The Hall–Kier alpha value is -2.73. The first-order chi connectivity index (χ1) is 11.7. The number of nitrogens with one attached hydrogen (secondary N) is 1. The summed E-state index contributed by atoms with van der Waals surface area (Å²) < 4.78 is 15.6. The van der Waals surface area contributed by atoms with Crippen molar-refractivity contribution in [3.63, 3.8) is 0 Å². The Labute approximate surface area is 142 Å². The summed E-state index contributed by atoms with van der Waals surface area (Å²) >= 11 is 0. The first-order valence-electron chi connectivity index (χ1n) is 7.63. The second kappa shape index (κ2) is 9.42. The number of benzene rings is 2. The fourth-order valence-electron chi connectivity index (χ4n) is 1.97. The SMILES string of the molecule is COCCOc1ccc(CN=C(N)Nc2ccc(OC)cc2)cc1. The highest BCUT2D eigenvalue weighted by Gasteiger charge is 1.98. The van der Waals surface area contributed by atoms with E-state index in [1.807, 2.05) is 48.5 Å². The molecular formula is C18H23N3O3. The van der Waals surface area contributed by atoms with Gasteiger partial charge in [-0.2, -0.15) is 0 Å². The molecule has 0 spiro atoms. The largest absolute Gasteiger partial charge is 0.497 e. The minimum Gasteiger partial charge on any atom is -0.497 e. The third-order valence-corrected chi connectivity index (χ3v) is 3.27. The van der Waals surface area contributed by atoms with Crippen molar-refractivity contribution in [2.24, 2.45) is 10.7 Å². The predicted octanol–water partition coefficient (Wildman–Crippen LogP) is 2.65. The number of nitrogens with two attached hydrogens (primary N) is 1. The third-order valence-electron chi connectivity index (χ3n) is 3.27. The lowest BCUT2D eigenvalue weighted by molar-refractivity contribution is 0.146. The lowest BCUT2D eigenvalue weighted by atomic mass is 10.2. The Balaban J connectivity index is 1.84. The second-order valence-corrected chi connectivity index (χ2v) is 5.04. The van der Waals surface area contributed by atoms with Gasteiger partial charge in [-0.3, -0.25) is 0 Å². The summed E-state index contributed by atoms with van der Waals surface area (Å²) in [5.41, 5.74) is 7.81. The van der Waals surface area contributed by atoms with Gasteiger partial charge in [-0.1, -0.05) is 12.1 Å². The van der Waals surface area contributed by atoms with Crippen LogP contribution in [0.2, 0.25) is 0 Å². The maximum absolute atomic E-state index is 5.90. The van der Waals surface area contributed by atoms with E-state index in [0.29, 0.717) is 25.7 Å². The van der Waals surface area contributed by atoms with Crippen molar-refractivity contribution in [1.82, 2.24) is 0 Å². The maximum Gasteiger partial charge on any atom is 0.193 e. The number of anilines is 1. The molecule has 128 valence electrons. The number of hydrogen-bond acceptors (Lipinski definition) is 4. The van der Waals surface area contributed by atoms with Crippen molar-refractivity contribution in [2.75, 3.05) is 32.8 Å². The average molecular weight is 329 g/mol. The summed E-state index contributed by atoms with van der Waals surface area (Å²) in [5, 5.41) is 3.04. The fraction of sp³-hybridized carbons (Fsp3) is 0.278. The lowest BCUT2D eigenvalue weighted by Gasteiger charge is -2.07. The van der Waals surface area contributed by atoms with Crippen LogP contribution >= 0.6 is 0 Å². The molecule has 0 atom stereocenters. The van der Waals surface area contributed by atoms with Crippen LogP contribution in [0.1, 0.15) is 5.56 Å². The number of hydrogen-bond donors (Lipinski definition) is 2. The van der Waals surface area contributed by atoms with Gasteiger partial charge in [0.2, 0.25) is 0 Å². The second-order valence-electron chi connectivity index (χ2n) is 5.04. The molecule has 0 aromatic heterocycles. The molecule has 0 saturated heterocycles. The summed E-state index contributed by atoms with van der Waals surface area (Å²) in [4.78, 5) is 4.33. The molecule has 0 amide bonds. The van der Waals surface area contributed by atoms with Crippen molar-refractivity contribution < 1.29 is 14.2 Å². The first kappa shape index (κ1) is 17.6. The monoisotopic (exact) mass is 329 g/mol. The molecule has 24 heavy (non-hydrogen) atoms. The van der Waals surface area contributed by atoms with Gasteiger partial charge in [-0.25, -0.2) is 4.99 Å². The highest BCUT2D eigenvalue weighted by molar-refractivity contribution is 5.92. The molecule has 0 unspecified atom stereocenters. The topological polar surface area (TPSA) is 78.1 Å². The van der Waals surface area contributed by atoms with Crippen molar-refractivity contribution in [1.29, 1.82) is 0 Å². The van der Waals surface area contributed by atoms with E-state index in [1.54, 1.807) is 14.2 Å². The van der Waals surface area contributed by atoms with Crippen LogP contribution in [-0.4, -0.2) is 33.4 Å². The van der Waals surface area contributed by atoms with Crippen molar-refractivity contribution in [3.05, 3.63) is 54.1 Å². The molecule has 2 aromatic carbocycles. The van der Waals surface area contributed by atoms with Crippen LogP contribution in [0.3, 0.4) is 0 Å². The molecular weight excluding hydrogens is 306 g/mol. The van der Waals surface area contributed by atoms with Gasteiger partial charge in [0.1, 0.15) is 18.1 Å². The molecule has 0 fully saturated rings. The van der Waals surface area contributed by atoms with E-state index in [-0.39, 0.29) is 0 Å². The van der Waals surface area contributed by atoms with Gasteiger partial charge < -0.3 is 25.3 Å². The van der Waals surface area contributed by atoms with E-state index < -0.39 is 0 Å². The van der Waals surface area contributed by atoms with E-state index in [1.165, 1.54) is 0 Å². The van der Waals surface area contributed by atoms with Crippen LogP contribution in [0.5, 0.6) is 11.5 Å². The smallest absolute Gasteiger partial charge is 0.193 e. The van der Waals surface area contributed by atoms with Gasteiger partial charge in [0.15, 0.2) is 5.96 Å². The average Bonchev–Trinajstić information content (AvgIpc) is 2.62. The summed E-state index contributed by atoms with van der Waals surface area (Å²) in [6.07, 6.45) is 0. The van der Waals surface area contributed by atoms with Gasteiger partial charge in [-0.15, -0.1) is 0 Å². The zero-order chi connectivity index (χ0) is 17.2. The zero-order valence-electron chi connectivity index (χ0n) is 14.0. The van der Waals surface area contributed by atoms with Gasteiger partial charge in [0, 0.05) is 12.8 Å². The standard InChI is InChI=1S/C18H23N3O3/c1-22-11-12-24-17-7-3-14(4-8-17)13-20-18(19)21-15-5-9-16(23-2)10-6-15/h3-10H,11-13H2,1-2H3,(H3,19,20,21). The molecule has 0 radical (unpaired) electrons. The third kappa shape index (κ3) is 5.81. The van der Waals surface area contributed by atoms with Crippen molar-refractivity contribution in [2.45, 2.75) is 6.54 Å². The van der Waals surface area contributed by atoms with Crippen LogP contribution in [0.4, 0.5) is 5.69 Å². The quantitative estimate of drug-likeness (QED) is 0.442. The minimum absolute atomic E-state index is 0.362. The van der Waals surface area contributed by atoms with E-state index >= 15 is 0 Å². The van der Waals surface area contributed by atoms with Gasteiger partial charge in [-0.05, 0) is 42.0 Å². The molecule has 2 rings (SSSR count). The molecule has 0 aliphatic carbocycles. The van der Waals surface area contributed by atoms with E-state index in [2.05, 4.69) is 10.3 Å². The maximum atomic E-state index is 5.90. The highest BCUT2D eigenvalue weighted by Crippen LogP contribution is 2.15. The molecule has 0 bridgehead atoms. The molecule has 0 heterocycles. The molecule has 6 nitrogen and oxygen atoms in total. The minimum atomic E-state index is 0.362. The Bertz CT molecular complexity index is 640. The van der Waals surface area contributed by atoms with Gasteiger partial charge >= 0.3 is 0 Å². The molecule has 2 aromatic rings. The van der Waals surface area contributed by atoms with E-state index in [9.17, 15) is 0 Å². The van der Waals surface area contributed by atoms with E-state index in [0.717, 1.165) is 22.7 Å². The molecule has 0 saturated carbocycles. The lowest BCUT2D eigenvalue weighted by Crippen LogP contribution is -2.22. The first-order valence-corrected chi connectivity index (χ1v) is 7.63. The van der Waals surface area contributed by atoms with Crippen molar-refractivity contribution >= 4 is 11.6 Å². The van der Waals surface area contributed by atoms with Gasteiger partial charge in [0.05, 0.1) is 20.3 Å². The molecule has 3 N–H and O–H groups in total. The Morgan fingerprint density at radius 3 is 2.25 bits per heavy atom.